The van der Waals surface area contributed by atoms with E-state index in [1.54, 1.807) is 49.4 Å². The Balaban J connectivity index is 1.93. The highest BCUT2D eigenvalue weighted by Crippen LogP contribution is 2.24. The number of esters is 1. The highest BCUT2D eigenvalue weighted by Gasteiger charge is 2.15. The van der Waals surface area contributed by atoms with Gasteiger partial charge < -0.3 is 9.26 Å². The number of ether oxygens (including phenoxy) is 1. The van der Waals surface area contributed by atoms with Crippen LogP contribution in [-0.2, 0) is 4.74 Å². The van der Waals surface area contributed by atoms with Crippen LogP contribution in [0.15, 0.2) is 53.1 Å². The van der Waals surface area contributed by atoms with E-state index in [1.165, 1.54) is 6.07 Å². The molecule has 3 aromatic rings. The SMILES string of the molecule is CCOC(=O)c1cccc(-c2noc(-c3ccccc3F)n2)c1. The summed E-state index contributed by atoms with van der Waals surface area (Å²) >= 11 is 0. The Morgan fingerprint density at radius 1 is 1.22 bits per heavy atom. The van der Waals surface area contributed by atoms with Gasteiger partial charge in [-0.05, 0) is 31.2 Å². The van der Waals surface area contributed by atoms with Crippen LogP contribution in [0.3, 0.4) is 0 Å². The lowest BCUT2D eigenvalue weighted by atomic mass is 10.1. The number of hydrogen-bond acceptors (Lipinski definition) is 5. The van der Waals surface area contributed by atoms with Crippen molar-refractivity contribution in [1.82, 2.24) is 10.1 Å². The standard InChI is InChI=1S/C17H13FN2O3/c1-2-22-17(21)12-7-5-6-11(10-12)15-19-16(23-20-15)13-8-3-4-9-14(13)18/h3-10H,2H2,1H3. The molecule has 0 N–H and O–H groups in total. The van der Waals surface area contributed by atoms with Gasteiger partial charge in [0.25, 0.3) is 5.89 Å². The van der Waals surface area contributed by atoms with Crippen LogP contribution in [0.1, 0.15) is 17.3 Å². The Bertz CT molecular complexity index is 845. The molecule has 0 radical (unpaired) electrons. The minimum absolute atomic E-state index is 0.0830. The number of benzene rings is 2. The molecule has 23 heavy (non-hydrogen) atoms. The molecule has 2 aromatic carbocycles. The lowest BCUT2D eigenvalue weighted by Gasteiger charge is -2.02. The average molecular weight is 312 g/mol. The van der Waals surface area contributed by atoms with E-state index in [0.717, 1.165) is 0 Å². The summed E-state index contributed by atoms with van der Waals surface area (Å²) in [5, 5.41) is 3.85. The zero-order valence-corrected chi connectivity index (χ0v) is 12.3. The van der Waals surface area contributed by atoms with Crippen LogP contribution in [0.2, 0.25) is 0 Å². The molecule has 0 bridgehead atoms. The summed E-state index contributed by atoms with van der Waals surface area (Å²) in [6, 6.07) is 12.8. The minimum Gasteiger partial charge on any atom is -0.462 e. The monoisotopic (exact) mass is 312 g/mol. The van der Waals surface area contributed by atoms with Crippen molar-refractivity contribution in [3.63, 3.8) is 0 Å². The molecule has 0 fully saturated rings. The molecule has 116 valence electrons. The molecule has 0 saturated heterocycles. The molecule has 1 aromatic heterocycles. The molecular formula is C17H13FN2O3. The number of hydrogen-bond donors (Lipinski definition) is 0. The van der Waals surface area contributed by atoms with Gasteiger partial charge in [-0.1, -0.05) is 29.4 Å². The fourth-order valence-corrected chi connectivity index (χ4v) is 2.08. The van der Waals surface area contributed by atoms with Crippen molar-refractivity contribution in [2.45, 2.75) is 6.92 Å². The van der Waals surface area contributed by atoms with E-state index in [0.29, 0.717) is 17.7 Å². The second kappa shape index (κ2) is 6.39. The maximum atomic E-state index is 13.8. The summed E-state index contributed by atoms with van der Waals surface area (Å²) in [6.45, 7) is 2.03. The van der Waals surface area contributed by atoms with Crippen LogP contribution in [0.25, 0.3) is 22.8 Å². The Labute approximate surface area is 131 Å². The Hall–Kier alpha value is -3.02. The van der Waals surface area contributed by atoms with Crippen LogP contribution in [-0.4, -0.2) is 22.7 Å². The quantitative estimate of drug-likeness (QED) is 0.687. The summed E-state index contributed by atoms with van der Waals surface area (Å²) < 4.78 is 23.8. The molecule has 0 aliphatic heterocycles. The van der Waals surface area contributed by atoms with Crippen LogP contribution >= 0.6 is 0 Å². The van der Waals surface area contributed by atoms with E-state index in [4.69, 9.17) is 9.26 Å². The first-order valence-corrected chi connectivity index (χ1v) is 7.05. The van der Waals surface area contributed by atoms with E-state index >= 15 is 0 Å². The zero-order valence-electron chi connectivity index (χ0n) is 12.3. The number of carbonyl (C=O) groups excluding carboxylic acids is 1. The fourth-order valence-electron chi connectivity index (χ4n) is 2.08. The van der Waals surface area contributed by atoms with Gasteiger partial charge in [-0.25, -0.2) is 9.18 Å². The number of nitrogens with zero attached hydrogens (tertiary/aromatic N) is 2. The van der Waals surface area contributed by atoms with Gasteiger partial charge >= 0.3 is 5.97 Å². The second-order valence-corrected chi connectivity index (χ2v) is 4.70. The van der Waals surface area contributed by atoms with Crippen molar-refractivity contribution in [3.05, 3.63) is 59.9 Å². The van der Waals surface area contributed by atoms with Gasteiger partial charge in [-0.3, -0.25) is 0 Å². The molecule has 1 heterocycles. The van der Waals surface area contributed by atoms with E-state index in [2.05, 4.69) is 10.1 Å². The Morgan fingerprint density at radius 3 is 2.83 bits per heavy atom. The molecule has 0 amide bonds. The normalized spacial score (nSPS) is 10.5. The van der Waals surface area contributed by atoms with Gasteiger partial charge in [0, 0.05) is 5.56 Å². The van der Waals surface area contributed by atoms with Gasteiger partial charge in [0.2, 0.25) is 5.82 Å². The first-order valence-electron chi connectivity index (χ1n) is 7.05. The van der Waals surface area contributed by atoms with Crippen molar-refractivity contribution in [2.75, 3.05) is 6.61 Å². The highest BCUT2D eigenvalue weighted by atomic mass is 19.1. The maximum Gasteiger partial charge on any atom is 0.338 e. The largest absolute Gasteiger partial charge is 0.462 e. The molecule has 0 spiro atoms. The van der Waals surface area contributed by atoms with E-state index in [1.807, 2.05) is 0 Å². The molecular weight excluding hydrogens is 299 g/mol. The molecule has 0 unspecified atom stereocenters. The lowest BCUT2D eigenvalue weighted by molar-refractivity contribution is 0.0526. The predicted octanol–water partition coefficient (Wildman–Crippen LogP) is 3.72. The number of halogens is 1. The highest BCUT2D eigenvalue weighted by molar-refractivity contribution is 5.90. The summed E-state index contributed by atoms with van der Waals surface area (Å²) in [5.74, 6) is -0.510. The number of aromatic nitrogens is 2. The Kier molecular flexibility index (Phi) is 4.14. The van der Waals surface area contributed by atoms with E-state index < -0.39 is 11.8 Å². The molecule has 6 heteroatoms. The second-order valence-electron chi connectivity index (χ2n) is 4.70. The third-order valence-corrected chi connectivity index (χ3v) is 3.16. The maximum absolute atomic E-state index is 13.8. The summed E-state index contributed by atoms with van der Waals surface area (Å²) in [4.78, 5) is 16.0. The molecule has 0 saturated carbocycles. The van der Waals surface area contributed by atoms with Gasteiger partial charge in [0.15, 0.2) is 0 Å². The topological polar surface area (TPSA) is 65.2 Å². The summed E-state index contributed by atoms with van der Waals surface area (Å²) in [5.41, 5.74) is 1.20. The average Bonchev–Trinajstić information content (AvgIpc) is 3.05. The van der Waals surface area contributed by atoms with Crippen LogP contribution < -0.4 is 0 Å². The molecule has 0 aliphatic carbocycles. The van der Waals surface area contributed by atoms with Crippen LogP contribution in [0.4, 0.5) is 4.39 Å². The van der Waals surface area contributed by atoms with E-state index in [9.17, 15) is 9.18 Å². The molecule has 0 aliphatic rings. The molecule has 3 rings (SSSR count). The first kappa shape index (κ1) is 14.9. The van der Waals surface area contributed by atoms with Crippen molar-refractivity contribution in [1.29, 1.82) is 0 Å². The van der Waals surface area contributed by atoms with Gasteiger partial charge in [-0.2, -0.15) is 4.98 Å². The summed E-state index contributed by atoms with van der Waals surface area (Å²) in [6.07, 6.45) is 0. The van der Waals surface area contributed by atoms with Crippen molar-refractivity contribution in [2.24, 2.45) is 0 Å². The third-order valence-electron chi connectivity index (χ3n) is 3.16. The van der Waals surface area contributed by atoms with Gasteiger partial charge in [0.05, 0.1) is 17.7 Å². The third kappa shape index (κ3) is 3.11. The lowest BCUT2D eigenvalue weighted by Crippen LogP contribution is -2.04. The van der Waals surface area contributed by atoms with Gasteiger partial charge in [-0.15, -0.1) is 0 Å². The van der Waals surface area contributed by atoms with Gasteiger partial charge in [0.1, 0.15) is 5.82 Å². The van der Waals surface area contributed by atoms with Crippen molar-refractivity contribution >= 4 is 5.97 Å². The van der Waals surface area contributed by atoms with Crippen LogP contribution in [0.5, 0.6) is 0 Å². The zero-order chi connectivity index (χ0) is 16.2. The Morgan fingerprint density at radius 2 is 2.04 bits per heavy atom. The molecule has 5 nitrogen and oxygen atoms in total. The predicted molar refractivity (Wildman–Crippen MR) is 81.1 cm³/mol. The smallest absolute Gasteiger partial charge is 0.338 e. The minimum atomic E-state index is -0.442. The number of rotatable bonds is 4. The molecule has 0 atom stereocenters. The fraction of sp³-hybridized carbons (Fsp3) is 0.118. The first-order chi connectivity index (χ1) is 11.2. The van der Waals surface area contributed by atoms with Crippen LogP contribution in [0, 0.1) is 5.82 Å². The summed E-state index contributed by atoms with van der Waals surface area (Å²) in [7, 11) is 0. The number of carbonyl (C=O) groups is 1. The van der Waals surface area contributed by atoms with Crippen molar-refractivity contribution < 1.29 is 18.4 Å². The van der Waals surface area contributed by atoms with E-state index in [-0.39, 0.29) is 17.3 Å². The van der Waals surface area contributed by atoms with Crippen molar-refractivity contribution in [3.8, 4) is 22.8 Å².